The highest BCUT2D eigenvalue weighted by atomic mass is 16.6. The highest BCUT2D eigenvalue weighted by Crippen LogP contribution is 2.29. The predicted molar refractivity (Wildman–Crippen MR) is 87.4 cm³/mol. The van der Waals surface area contributed by atoms with Gasteiger partial charge < -0.3 is 10.2 Å². The van der Waals surface area contributed by atoms with E-state index in [4.69, 9.17) is 0 Å². The molecule has 0 saturated carbocycles. The SMILES string of the molecule is O=C1N(c2ccc([N+](=O)[O-])cc2)N=C(c2ccc([N+](=O)[O-])cc2)C1(O)O. The fourth-order valence-corrected chi connectivity index (χ4v) is 2.35. The number of rotatable bonds is 4. The zero-order chi connectivity index (χ0) is 19.1. The highest BCUT2D eigenvalue weighted by Gasteiger charge is 2.50. The molecule has 11 heteroatoms. The number of aliphatic hydroxyl groups is 2. The molecule has 11 nitrogen and oxygen atoms in total. The van der Waals surface area contributed by atoms with Crippen LogP contribution in [0.15, 0.2) is 53.6 Å². The van der Waals surface area contributed by atoms with Gasteiger partial charge in [-0.25, -0.2) is 0 Å². The maximum Gasteiger partial charge on any atom is 0.314 e. The molecule has 0 bridgehead atoms. The number of anilines is 1. The number of nitro benzene ring substituents is 2. The monoisotopic (exact) mass is 358 g/mol. The molecule has 1 heterocycles. The lowest BCUT2D eigenvalue weighted by molar-refractivity contribution is -0.385. The molecular weight excluding hydrogens is 348 g/mol. The number of carbonyl (C=O) groups excluding carboxylic acids is 1. The largest absolute Gasteiger partial charge is 0.353 e. The third-order valence-corrected chi connectivity index (χ3v) is 3.68. The molecule has 2 aromatic rings. The summed E-state index contributed by atoms with van der Waals surface area (Å²) >= 11 is 0. The van der Waals surface area contributed by atoms with Crippen molar-refractivity contribution in [3.63, 3.8) is 0 Å². The Morgan fingerprint density at radius 1 is 0.885 bits per heavy atom. The lowest BCUT2D eigenvalue weighted by Crippen LogP contribution is -2.46. The van der Waals surface area contributed by atoms with Crippen molar-refractivity contribution in [3.05, 3.63) is 74.3 Å². The van der Waals surface area contributed by atoms with Crippen LogP contribution in [0, 0.1) is 20.2 Å². The van der Waals surface area contributed by atoms with Crippen LogP contribution >= 0.6 is 0 Å². The normalized spacial score (nSPS) is 15.7. The molecule has 2 N–H and O–H groups in total. The van der Waals surface area contributed by atoms with Gasteiger partial charge in [-0.15, -0.1) is 0 Å². The van der Waals surface area contributed by atoms with E-state index in [1.807, 2.05) is 0 Å². The van der Waals surface area contributed by atoms with E-state index in [2.05, 4.69) is 5.10 Å². The Morgan fingerprint density at radius 3 is 1.81 bits per heavy atom. The van der Waals surface area contributed by atoms with E-state index in [-0.39, 0.29) is 22.6 Å². The molecule has 26 heavy (non-hydrogen) atoms. The number of nitro groups is 2. The molecule has 2 aromatic carbocycles. The number of carbonyl (C=O) groups is 1. The molecule has 0 aliphatic carbocycles. The fourth-order valence-electron chi connectivity index (χ4n) is 2.35. The molecule has 0 radical (unpaired) electrons. The quantitative estimate of drug-likeness (QED) is 0.467. The summed E-state index contributed by atoms with van der Waals surface area (Å²) in [5.41, 5.74) is -0.661. The van der Waals surface area contributed by atoms with E-state index in [1.165, 1.54) is 24.3 Å². The van der Waals surface area contributed by atoms with Crippen molar-refractivity contribution in [1.82, 2.24) is 0 Å². The molecule has 0 atom stereocenters. The van der Waals surface area contributed by atoms with Crippen molar-refractivity contribution in [2.45, 2.75) is 5.79 Å². The first-order valence-corrected chi connectivity index (χ1v) is 7.09. The summed E-state index contributed by atoms with van der Waals surface area (Å²) in [7, 11) is 0. The number of hydrogen-bond donors (Lipinski definition) is 2. The van der Waals surface area contributed by atoms with Crippen LogP contribution in [0.3, 0.4) is 0 Å². The standard InChI is InChI=1S/C15H10N4O7/c20-14-15(21,22)13(9-1-3-11(4-2-9)18(23)24)16-17(14)10-5-7-12(8-6-10)19(25)26/h1-8,21-22H. The summed E-state index contributed by atoms with van der Waals surface area (Å²) in [5, 5.41) is 46.2. The molecule has 1 aliphatic rings. The number of nitrogens with zero attached hydrogens (tertiary/aromatic N) is 4. The van der Waals surface area contributed by atoms with E-state index >= 15 is 0 Å². The van der Waals surface area contributed by atoms with Crippen molar-refractivity contribution in [2.75, 3.05) is 5.01 Å². The number of non-ortho nitro benzene ring substituents is 2. The number of benzene rings is 2. The summed E-state index contributed by atoms with van der Waals surface area (Å²) in [6.07, 6.45) is 0. The minimum atomic E-state index is -2.95. The second-order valence-electron chi connectivity index (χ2n) is 5.32. The van der Waals surface area contributed by atoms with Gasteiger partial charge in [0, 0.05) is 29.8 Å². The van der Waals surface area contributed by atoms with E-state index in [0.717, 1.165) is 24.3 Å². The summed E-state index contributed by atoms with van der Waals surface area (Å²) in [6, 6.07) is 9.45. The molecule has 1 aliphatic heterocycles. The average Bonchev–Trinajstić information content (AvgIpc) is 2.85. The molecule has 0 saturated heterocycles. The molecule has 0 spiro atoms. The van der Waals surface area contributed by atoms with Crippen LogP contribution in [0.25, 0.3) is 0 Å². The van der Waals surface area contributed by atoms with Gasteiger partial charge in [-0.05, 0) is 24.3 Å². The topological polar surface area (TPSA) is 159 Å². The average molecular weight is 358 g/mol. The van der Waals surface area contributed by atoms with Gasteiger partial charge in [-0.3, -0.25) is 25.0 Å². The second-order valence-corrected chi connectivity index (χ2v) is 5.32. The van der Waals surface area contributed by atoms with Gasteiger partial charge in [0.25, 0.3) is 17.2 Å². The van der Waals surface area contributed by atoms with E-state index in [1.54, 1.807) is 0 Å². The minimum Gasteiger partial charge on any atom is -0.353 e. The highest BCUT2D eigenvalue weighted by molar-refractivity contribution is 6.26. The van der Waals surface area contributed by atoms with Crippen LogP contribution in [0.5, 0.6) is 0 Å². The predicted octanol–water partition coefficient (Wildman–Crippen LogP) is 0.935. The summed E-state index contributed by atoms with van der Waals surface area (Å²) in [5.74, 6) is -4.13. The zero-order valence-corrected chi connectivity index (χ0v) is 12.8. The van der Waals surface area contributed by atoms with Gasteiger partial charge in [0.2, 0.25) is 0 Å². The lowest BCUT2D eigenvalue weighted by atomic mass is 10.0. The first kappa shape index (κ1) is 17.1. The molecule has 3 rings (SSSR count). The van der Waals surface area contributed by atoms with Crippen molar-refractivity contribution >= 4 is 28.7 Å². The third kappa shape index (κ3) is 2.76. The first-order valence-electron chi connectivity index (χ1n) is 7.09. The molecule has 1 amide bonds. The van der Waals surface area contributed by atoms with Crippen LogP contribution in [0.1, 0.15) is 5.56 Å². The van der Waals surface area contributed by atoms with Crippen molar-refractivity contribution in [1.29, 1.82) is 0 Å². The number of amides is 1. The third-order valence-electron chi connectivity index (χ3n) is 3.68. The van der Waals surface area contributed by atoms with Crippen LogP contribution in [-0.4, -0.2) is 37.5 Å². The number of hydrogen-bond acceptors (Lipinski definition) is 8. The van der Waals surface area contributed by atoms with Gasteiger partial charge in [-0.1, -0.05) is 0 Å². The van der Waals surface area contributed by atoms with E-state index in [9.17, 15) is 35.2 Å². The smallest absolute Gasteiger partial charge is 0.314 e. The van der Waals surface area contributed by atoms with E-state index < -0.39 is 27.3 Å². The maximum absolute atomic E-state index is 12.3. The van der Waals surface area contributed by atoms with Gasteiger partial charge in [0.05, 0.1) is 15.5 Å². The molecule has 0 unspecified atom stereocenters. The summed E-state index contributed by atoms with van der Waals surface area (Å²) < 4.78 is 0. The molecular formula is C15H10N4O7. The zero-order valence-electron chi connectivity index (χ0n) is 12.8. The van der Waals surface area contributed by atoms with Crippen molar-refractivity contribution < 1.29 is 24.9 Å². The maximum atomic E-state index is 12.3. The minimum absolute atomic E-state index is 0.0880. The van der Waals surface area contributed by atoms with E-state index in [0.29, 0.717) is 5.01 Å². The van der Waals surface area contributed by atoms with Crippen molar-refractivity contribution in [3.8, 4) is 0 Å². The van der Waals surface area contributed by atoms with Crippen LogP contribution in [-0.2, 0) is 4.79 Å². The van der Waals surface area contributed by atoms with Gasteiger partial charge in [-0.2, -0.15) is 10.1 Å². The Bertz CT molecular complexity index is 935. The Balaban J connectivity index is 1.99. The Labute approximate surface area is 144 Å². The van der Waals surface area contributed by atoms with Gasteiger partial charge in [0.1, 0.15) is 5.71 Å². The van der Waals surface area contributed by atoms with Crippen molar-refractivity contribution in [2.24, 2.45) is 5.10 Å². The summed E-state index contributed by atoms with van der Waals surface area (Å²) in [6.45, 7) is 0. The summed E-state index contributed by atoms with van der Waals surface area (Å²) in [4.78, 5) is 32.4. The van der Waals surface area contributed by atoms with Crippen LogP contribution < -0.4 is 5.01 Å². The number of hydrazone groups is 1. The molecule has 0 aromatic heterocycles. The Kier molecular flexibility index (Phi) is 3.94. The lowest BCUT2D eigenvalue weighted by Gasteiger charge is -2.16. The molecule has 0 fully saturated rings. The Morgan fingerprint density at radius 2 is 1.35 bits per heavy atom. The first-order chi connectivity index (χ1) is 12.2. The Hall–Kier alpha value is -3.70. The second kappa shape index (κ2) is 5.98. The van der Waals surface area contributed by atoms with Gasteiger partial charge in [0.15, 0.2) is 0 Å². The van der Waals surface area contributed by atoms with Crippen LogP contribution in [0.4, 0.5) is 17.1 Å². The fraction of sp³-hybridized carbons (Fsp3) is 0.0667. The van der Waals surface area contributed by atoms with Gasteiger partial charge >= 0.3 is 5.91 Å². The molecule has 132 valence electrons. The van der Waals surface area contributed by atoms with Crippen LogP contribution in [0.2, 0.25) is 0 Å².